The number of thiophene rings is 1. The molecule has 34 heavy (non-hydrogen) atoms. The van der Waals surface area contributed by atoms with Crippen molar-refractivity contribution in [3.05, 3.63) is 96.6 Å². The van der Waals surface area contributed by atoms with Gasteiger partial charge in [0.05, 0.1) is 11.3 Å². The first-order valence-corrected chi connectivity index (χ1v) is 11.1. The van der Waals surface area contributed by atoms with Crippen molar-refractivity contribution in [2.75, 3.05) is 0 Å². The summed E-state index contributed by atoms with van der Waals surface area (Å²) >= 11 is 1.59. The number of aromatic nitrogens is 2. The molecule has 4 aromatic carbocycles. The van der Waals surface area contributed by atoms with E-state index in [1.54, 1.807) is 11.3 Å². The van der Waals surface area contributed by atoms with E-state index in [4.69, 9.17) is 0 Å². The van der Waals surface area contributed by atoms with Crippen LogP contribution in [0.5, 0.6) is 0 Å². The van der Waals surface area contributed by atoms with E-state index in [1.165, 1.54) is 12.1 Å². The number of hydrogen-bond donors (Lipinski definition) is 0. The maximum absolute atomic E-state index is 13.0. The third kappa shape index (κ3) is 3.90. The van der Waals surface area contributed by atoms with Crippen molar-refractivity contribution >= 4 is 43.0 Å². The minimum atomic E-state index is -4.39. The molecule has 0 atom stereocenters. The van der Waals surface area contributed by atoms with Gasteiger partial charge < -0.3 is 0 Å². The molecule has 0 saturated carbocycles. The van der Waals surface area contributed by atoms with Crippen molar-refractivity contribution in [1.82, 2.24) is 10.2 Å². The summed E-state index contributed by atoms with van der Waals surface area (Å²) in [4.78, 5) is 0.878. The largest absolute Gasteiger partial charge is 0.416 e. The maximum atomic E-state index is 13.0. The Labute approximate surface area is 210 Å². The fourth-order valence-corrected chi connectivity index (χ4v) is 5.07. The second-order valence-electron chi connectivity index (χ2n) is 7.77. The fourth-order valence-electron chi connectivity index (χ4n) is 4.06. The van der Waals surface area contributed by atoms with Gasteiger partial charge in [-0.25, -0.2) is 11.3 Å². The third-order valence-electron chi connectivity index (χ3n) is 5.69. The van der Waals surface area contributed by atoms with Crippen LogP contribution in [0.4, 0.5) is 13.2 Å². The Hall–Kier alpha value is -3.12. The molecule has 0 N–H and O–H groups in total. The van der Waals surface area contributed by atoms with Gasteiger partial charge in [0.15, 0.2) is 0 Å². The Morgan fingerprint density at radius 3 is 1.94 bits per heavy atom. The minimum absolute atomic E-state index is 0. The van der Waals surface area contributed by atoms with Crippen molar-refractivity contribution in [1.29, 1.82) is 0 Å². The van der Waals surface area contributed by atoms with E-state index in [9.17, 15) is 13.2 Å². The van der Waals surface area contributed by atoms with E-state index < -0.39 is 11.7 Å². The molecule has 0 spiro atoms. The maximum Gasteiger partial charge on any atom is 0.416 e. The summed E-state index contributed by atoms with van der Waals surface area (Å²) in [6.07, 6.45) is -4.39. The number of benzene rings is 4. The third-order valence-corrected chi connectivity index (χ3v) is 6.77. The van der Waals surface area contributed by atoms with Crippen molar-refractivity contribution in [3.63, 3.8) is 0 Å². The summed E-state index contributed by atoms with van der Waals surface area (Å²) in [6, 6.07) is 28.6. The Morgan fingerprint density at radius 2 is 1.29 bits per heavy atom. The van der Waals surface area contributed by atoms with Crippen molar-refractivity contribution in [2.45, 2.75) is 6.18 Å². The molecule has 2 nitrogen and oxygen atoms in total. The van der Waals surface area contributed by atoms with Crippen LogP contribution >= 0.6 is 11.3 Å². The van der Waals surface area contributed by atoms with Gasteiger partial charge in [0.2, 0.25) is 0 Å². The molecule has 0 bridgehead atoms. The zero-order valence-corrected chi connectivity index (χ0v) is 20.6. The summed E-state index contributed by atoms with van der Waals surface area (Å²) in [6.45, 7) is 0. The molecule has 1 radical (unpaired) electrons. The molecule has 2 heterocycles. The number of rotatable bonds is 2. The zero-order valence-electron chi connectivity index (χ0n) is 17.4. The van der Waals surface area contributed by atoms with Crippen LogP contribution in [-0.2, 0) is 26.3 Å². The fraction of sp³-hybridized carbons (Fsp3) is 0.0370. The van der Waals surface area contributed by atoms with Gasteiger partial charge in [0, 0.05) is 36.7 Å². The summed E-state index contributed by atoms with van der Waals surface area (Å²) in [5.41, 5.74) is 1.16. The van der Waals surface area contributed by atoms with E-state index in [2.05, 4.69) is 22.3 Å². The van der Waals surface area contributed by atoms with Crippen LogP contribution < -0.4 is 0 Å². The number of hydrogen-bond acceptors (Lipinski definition) is 3. The van der Waals surface area contributed by atoms with Gasteiger partial charge in [0.1, 0.15) is 0 Å². The van der Waals surface area contributed by atoms with Crippen LogP contribution in [0.2, 0.25) is 0 Å². The van der Waals surface area contributed by atoms with E-state index in [0.717, 1.165) is 48.6 Å². The molecule has 0 aliphatic heterocycles. The number of nitrogens with zero attached hydrogens (tertiary/aromatic N) is 2. The first kappa shape index (κ1) is 22.7. The minimum Gasteiger partial charge on any atom is -0.206 e. The summed E-state index contributed by atoms with van der Waals surface area (Å²) in [5.74, 6) is 0. The van der Waals surface area contributed by atoms with Gasteiger partial charge in [-0.2, -0.15) is 23.4 Å². The van der Waals surface area contributed by atoms with Crippen LogP contribution in [0, 0.1) is 6.07 Å². The Morgan fingerprint density at radius 1 is 0.706 bits per heavy atom. The summed E-state index contributed by atoms with van der Waals surface area (Å²) in [7, 11) is 0. The molecule has 6 aromatic rings. The molecule has 2 aromatic heterocycles. The monoisotopic (exact) mass is 648 g/mol. The van der Waals surface area contributed by atoms with Crippen LogP contribution in [-0.4, -0.2) is 10.2 Å². The number of fused-ring (bicyclic) bond motifs is 3. The smallest absolute Gasteiger partial charge is 0.206 e. The molecular formula is C27H14F3IrN2S-. The van der Waals surface area contributed by atoms with Crippen molar-refractivity contribution in [3.8, 4) is 21.8 Å². The Balaban J connectivity index is 0.00000241. The van der Waals surface area contributed by atoms with Gasteiger partial charge in [0.25, 0.3) is 0 Å². The van der Waals surface area contributed by atoms with Crippen LogP contribution in [0.25, 0.3) is 53.5 Å². The summed E-state index contributed by atoms with van der Waals surface area (Å²) in [5, 5.41) is 13.8. The second kappa shape index (κ2) is 8.58. The van der Waals surface area contributed by atoms with Gasteiger partial charge in [-0.1, -0.05) is 54.6 Å². The molecule has 6 rings (SSSR count). The Bertz CT molecular complexity index is 1620. The molecule has 0 unspecified atom stereocenters. The average Bonchev–Trinajstić information content (AvgIpc) is 3.26. The first-order valence-electron chi connectivity index (χ1n) is 10.3. The van der Waals surface area contributed by atoms with E-state index >= 15 is 0 Å². The van der Waals surface area contributed by atoms with E-state index in [-0.39, 0.29) is 20.1 Å². The molecule has 0 aliphatic rings. The SMILES string of the molecule is FC(F)(F)c1ccc(-c2nnc(-c3[c-]c4ccccc4s3)c3cc4ccccc4cc23)cc1.[Ir]. The quantitative estimate of drug-likeness (QED) is 0.140. The zero-order chi connectivity index (χ0) is 22.6. The predicted molar refractivity (Wildman–Crippen MR) is 127 cm³/mol. The van der Waals surface area contributed by atoms with E-state index in [0.29, 0.717) is 17.0 Å². The molecule has 169 valence electrons. The summed E-state index contributed by atoms with van der Waals surface area (Å²) < 4.78 is 40.2. The number of halogens is 3. The average molecular weight is 648 g/mol. The van der Waals surface area contributed by atoms with Gasteiger partial charge in [-0.3, -0.25) is 0 Å². The normalized spacial score (nSPS) is 11.7. The van der Waals surface area contributed by atoms with Gasteiger partial charge in [-0.05, 0) is 43.9 Å². The van der Waals surface area contributed by atoms with Crippen molar-refractivity contribution < 1.29 is 33.3 Å². The topological polar surface area (TPSA) is 25.8 Å². The molecule has 0 amide bonds. The van der Waals surface area contributed by atoms with Gasteiger partial charge in [-0.15, -0.1) is 23.6 Å². The number of alkyl halides is 3. The van der Waals surface area contributed by atoms with Crippen molar-refractivity contribution in [2.24, 2.45) is 0 Å². The van der Waals surface area contributed by atoms with Crippen LogP contribution in [0.1, 0.15) is 5.56 Å². The predicted octanol–water partition coefficient (Wildman–Crippen LogP) is 8.15. The van der Waals surface area contributed by atoms with Crippen LogP contribution in [0.3, 0.4) is 0 Å². The second-order valence-corrected chi connectivity index (χ2v) is 8.82. The molecular weight excluding hydrogens is 634 g/mol. The molecule has 0 aliphatic carbocycles. The Kier molecular flexibility index (Phi) is 5.72. The first-order chi connectivity index (χ1) is 16.0. The van der Waals surface area contributed by atoms with E-state index in [1.807, 2.05) is 54.6 Å². The standard InChI is InChI=1S/C27H14F3N2S.Ir/c28-27(29,30)20-11-9-16(10-12-20)25-21-13-17-5-1-2-6-18(17)14-22(21)26(32-31-25)24-15-19-7-3-4-8-23(19)33-24;/h1-14H;/q-1;. The van der Waals surface area contributed by atoms with Gasteiger partial charge >= 0.3 is 6.18 Å². The molecule has 7 heteroatoms. The molecule has 0 fully saturated rings. The molecule has 0 saturated heterocycles. The van der Waals surface area contributed by atoms with Crippen LogP contribution in [0.15, 0.2) is 84.9 Å².